The van der Waals surface area contributed by atoms with Gasteiger partial charge in [0.05, 0.1) is 77.7 Å². The quantitative estimate of drug-likeness (QED) is 0.105. The minimum absolute atomic E-state index is 0.0393. The fraction of sp³-hybridized carbons (Fsp3) is 0.182. The molecule has 16 aromatic rings. The van der Waals surface area contributed by atoms with E-state index in [-0.39, 0.29) is 19.0 Å². The van der Waals surface area contributed by atoms with E-state index in [2.05, 4.69) is 129 Å². The lowest BCUT2D eigenvalue weighted by Gasteiger charge is -2.17. The molecule has 1 saturated carbocycles. The van der Waals surface area contributed by atoms with E-state index in [4.69, 9.17) is 4.98 Å². The van der Waals surface area contributed by atoms with Crippen molar-refractivity contribution < 1.29 is 27.8 Å². The van der Waals surface area contributed by atoms with Crippen LogP contribution in [0.4, 0.5) is 29.2 Å². The van der Waals surface area contributed by atoms with E-state index < -0.39 is 11.7 Å². The van der Waals surface area contributed by atoms with E-state index in [0.717, 1.165) is 158 Å². The molecule has 19 rings (SSSR count). The number of fused-ring (bicyclic) bond motifs is 4. The van der Waals surface area contributed by atoms with Crippen LogP contribution in [0.25, 0.3) is 112 Å². The predicted molar refractivity (Wildman–Crippen MR) is 417 cm³/mol. The molecule has 1 aliphatic carbocycles. The minimum Gasteiger partial charge on any atom is -0.390 e. The lowest BCUT2D eigenvalue weighted by atomic mass is 9.98. The smallest absolute Gasteiger partial charge is 0.390 e. The van der Waals surface area contributed by atoms with Crippen LogP contribution in [0.15, 0.2) is 262 Å². The highest BCUT2D eigenvalue weighted by Crippen LogP contribution is 2.43. The number of imidazole rings is 4. The maximum absolute atomic E-state index is 13.6. The number of nitrogens with zero attached hydrogens (tertiary/aromatic N) is 14. The molecule has 0 atom stereocenters. The van der Waals surface area contributed by atoms with Crippen LogP contribution in [0.3, 0.4) is 0 Å². The van der Waals surface area contributed by atoms with Gasteiger partial charge >= 0.3 is 6.18 Å². The third kappa shape index (κ3) is 14.7. The molecular weight excluding hydrogens is 1360 g/mol. The van der Waals surface area contributed by atoms with Crippen molar-refractivity contribution in [1.82, 2.24) is 57.5 Å². The summed E-state index contributed by atoms with van der Waals surface area (Å²) in [6.45, 7) is 7.93. The highest BCUT2D eigenvalue weighted by molar-refractivity contribution is 5.85. The number of rotatable bonds is 13. The van der Waals surface area contributed by atoms with E-state index in [0.29, 0.717) is 16.8 Å². The molecule has 2 N–H and O–H groups in total. The molecule has 16 nitrogen and oxygen atoms in total. The summed E-state index contributed by atoms with van der Waals surface area (Å²) in [4.78, 5) is 40.7. The standard InChI is InChI=1S/C25H24N4.C23H19F3N4.C20H16FN3O.C20H17N3O/c1-2-14-28(13-1)24-16-27-23-11-10-21(17-29(23)24)22-7-4-12-26-25(22)20-6-3-5-19(15-20)18-8-9-18;24-23(25,26)18-6-3-5-16(13-18)22-19(7-4-10-27-22)17-8-9-20-28-14-21(30(20)15-17)29-11-1-2-12-29;1-13-9-14(4-6-18(13)21)20-17(3-2-8-22-20)15-5-7-19-23-10-16(12-25)24(19)11-15;1-14-4-2-5-15(10-14)20-18(6-3-9-21-20)16-7-8-19-22-11-17(13-24)23(19)12-16/h3-7,10-12,15-18H,1-2,8-9,13-14H2;3-10,13-15H,1-2,11-12H2;2-11,25H,12H2,1H3;2-12,24H,13H2,1H3. The fourth-order valence-electron chi connectivity index (χ4n) is 14.5. The van der Waals surface area contributed by atoms with Gasteiger partial charge in [0.25, 0.3) is 0 Å². The first-order chi connectivity index (χ1) is 52.8. The Morgan fingerprint density at radius 2 is 0.759 bits per heavy atom. The average molecular weight is 1440 g/mol. The van der Waals surface area contributed by atoms with Crippen molar-refractivity contribution in [3.63, 3.8) is 0 Å². The molecule has 0 radical (unpaired) electrons. The van der Waals surface area contributed by atoms with Gasteiger partial charge < -0.3 is 28.8 Å². The predicted octanol–water partition coefficient (Wildman–Crippen LogP) is 19.1. The Bertz CT molecular complexity index is 5930. The van der Waals surface area contributed by atoms with Crippen molar-refractivity contribution in [2.24, 2.45) is 0 Å². The van der Waals surface area contributed by atoms with Gasteiger partial charge in [-0.2, -0.15) is 13.2 Å². The Labute approximate surface area is 621 Å². The van der Waals surface area contributed by atoms with Crippen molar-refractivity contribution >= 4 is 34.2 Å². The topological polar surface area (TPSA) is 168 Å². The van der Waals surface area contributed by atoms with E-state index in [1.54, 1.807) is 56.0 Å². The summed E-state index contributed by atoms with van der Waals surface area (Å²) in [5.74, 6) is 2.75. The number of hydrogen-bond donors (Lipinski definition) is 2. The number of alkyl halides is 3. The molecular formula is C88H76F4N14O2. The van der Waals surface area contributed by atoms with E-state index in [9.17, 15) is 27.8 Å². The highest BCUT2D eigenvalue weighted by Gasteiger charge is 2.31. The zero-order valence-electron chi connectivity index (χ0n) is 59.6. The Balaban J connectivity index is 0.000000110. The van der Waals surface area contributed by atoms with Gasteiger partial charge in [-0.05, 0) is 185 Å². The second-order valence-electron chi connectivity index (χ2n) is 27.4. The molecule has 2 saturated heterocycles. The number of pyridine rings is 8. The minimum atomic E-state index is -4.40. The SMILES string of the molecule is Cc1cc(-c2ncccc2-c2ccc3ncc(CO)n3c2)ccc1F.Cc1cccc(-c2ncccc2-c2ccc3ncc(CO)n3c2)c1.FC(F)(F)c1cccc(-c2ncccc2-c2ccc3ncc(N4CCCC4)n3c2)c1.c1cc(-c2ncccc2-c2ccc3ncc(N4CCCC4)n3c2)cc(C2CC2)c1. The number of aryl methyl sites for hydroxylation is 2. The van der Waals surface area contributed by atoms with Gasteiger partial charge in [0.2, 0.25) is 0 Å². The molecule has 2 aliphatic heterocycles. The third-order valence-electron chi connectivity index (χ3n) is 20.2. The monoisotopic (exact) mass is 1440 g/mol. The second kappa shape index (κ2) is 30.5. The number of hydrogen-bond acceptors (Lipinski definition) is 12. The summed E-state index contributed by atoms with van der Waals surface area (Å²) in [5.41, 5.74) is 22.4. The average Bonchev–Trinajstić information content (AvgIpc) is 1.52. The number of halogens is 4. The molecule has 14 heterocycles. The molecule has 538 valence electrons. The van der Waals surface area contributed by atoms with Crippen LogP contribution in [-0.4, -0.2) is 93.9 Å². The molecule has 12 aromatic heterocycles. The molecule has 3 aliphatic rings. The maximum Gasteiger partial charge on any atom is 0.416 e. The van der Waals surface area contributed by atoms with Crippen LogP contribution >= 0.6 is 0 Å². The number of benzene rings is 4. The van der Waals surface area contributed by atoms with Crippen LogP contribution in [0.1, 0.15) is 78.1 Å². The summed E-state index contributed by atoms with van der Waals surface area (Å²) in [7, 11) is 0. The Morgan fingerprint density at radius 1 is 0.380 bits per heavy atom. The van der Waals surface area contributed by atoms with Gasteiger partial charge in [-0.25, -0.2) is 24.3 Å². The first kappa shape index (κ1) is 69.8. The van der Waals surface area contributed by atoms with Crippen molar-refractivity contribution in [3.8, 4) is 89.5 Å². The lowest BCUT2D eigenvalue weighted by molar-refractivity contribution is -0.137. The Hall–Kier alpha value is -12.5. The Kier molecular flexibility index (Phi) is 19.7. The number of aromatic nitrogens is 12. The van der Waals surface area contributed by atoms with Crippen molar-refractivity contribution in [2.45, 2.75) is 77.7 Å². The normalized spacial score (nSPS) is 13.6. The van der Waals surface area contributed by atoms with Gasteiger partial charge in [0.15, 0.2) is 0 Å². The van der Waals surface area contributed by atoms with Crippen molar-refractivity contribution in [1.29, 1.82) is 0 Å². The summed E-state index contributed by atoms with van der Waals surface area (Å²) in [6, 6.07) is 59.4. The summed E-state index contributed by atoms with van der Waals surface area (Å²) < 4.78 is 61.3. The van der Waals surface area contributed by atoms with Crippen LogP contribution in [0.2, 0.25) is 0 Å². The molecule has 0 amide bonds. The van der Waals surface area contributed by atoms with Gasteiger partial charge in [0.1, 0.15) is 40.0 Å². The van der Waals surface area contributed by atoms with Crippen LogP contribution < -0.4 is 9.80 Å². The molecule has 3 fully saturated rings. The lowest BCUT2D eigenvalue weighted by Crippen LogP contribution is -2.19. The number of aliphatic hydroxyl groups is 2. The first-order valence-corrected chi connectivity index (χ1v) is 36.3. The van der Waals surface area contributed by atoms with E-state index in [1.807, 2.05) is 129 Å². The molecule has 0 unspecified atom stereocenters. The van der Waals surface area contributed by atoms with E-state index in [1.165, 1.54) is 71.5 Å². The zero-order chi connectivity index (χ0) is 73.8. The highest BCUT2D eigenvalue weighted by atomic mass is 19.4. The second-order valence-corrected chi connectivity index (χ2v) is 27.4. The van der Waals surface area contributed by atoms with Gasteiger partial charge in [0, 0.05) is 143 Å². The zero-order valence-corrected chi connectivity index (χ0v) is 59.6. The summed E-state index contributed by atoms with van der Waals surface area (Å²) in [5, 5.41) is 18.9. The maximum atomic E-state index is 13.6. The first-order valence-electron chi connectivity index (χ1n) is 36.3. The summed E-state index contributed by atoms with van der Waals surface area (Å²) >= 11 is 0. The molecule has 4 aromatic carbocycles. The van der Waals surface area contributed by atoms with Crippen molar-refractivity contribution in [2.75, 3.05) is 36.0 Å². The third-order valence-corrected chi connectivity index (χ3v) is 20.2. The Morgan fingerprint density at radius 3 is 1.18 bits per heavy atom. The van der Waals surface area contributed by atoms with Crippen molar-refractivity contribution in [3.05, 3.63) is 302 Å². The summed E-state index contributed by atoms with van der Waals surface area (Å²) in [6.07, 6.45) is 25.5. The molecule has 108 heavy (non-hydrogen) atoms. The van der Waals surface area contributed by atoms with Crippen LogP contribution in [-0.2, 0) is 19.4 Å². The van der Waals surface area contributed by atoms with Gasteiger partial charge in [-0.3, -0.25) is 28.7 Å². The van der Waals surface area contributed by atoms with Gasteiger partial charge in [-0.15, -0.1) is 0 Å². The van der Waals surface area contributed by atoms with Crippen LogP contribution in [0, 0.1) is 19.7 Å². The number of anilines is 2. The molecule has 20 heteroatoms. The fourth-order valence-corrected chi connectivity index (χ4v) is 14.5. The largest absolute Gasteiger partial charge is 0.416 e. The van der Waals surface area contributed by atoms with Crippen LogP contribution in [0.5, 0.6) is 0 Å². The number of aliphatic hydroxyl groups excluding tert-OH is 2. The molecule has 0 bridgehead atoms. The molecule has 0 spiro atoms. The van der Waals surface area contributed by atoms with Gasteiger partial charge in [-0.1, -0.05) is 78.4 Å². The van der Waals surface area contributed by atoms with E-state index >= 15 is 0 Å².